The summed E-state index contributed by atoms with van der Waals surface area (Å²) >= 11 is 7.81. The third-order valence-electron chi connectivity index (χ3n) is 4.78. The van der Waals surface area contributed by atoms with Gasteiger partial charge in [-0.25, -0.2) is 4.98 Å². The SMILES string of the molecule is Cc1cccnc1CNC1CCN(c2nc3ccc(Cl)cc3s2)CC1. The molecule has 0 unspecified atom stereocenters. The van der Waals surface area contributed by atoms with Gasteiger partial charge in [0.1, 0.15) is 0 Å². The number of aryl methyl sites for hydroxylation is 1. The summed E-state index contributed by atoms with van der Waals surface area (Å²) in [4.78, 5) is 11.6. The van der Waals surface area contributed by atoms with Crippen molar-refractivity contribution < 1.29 is 0 Å². The monoisotopic (exact) mass is 372 g/mol. The van der Waals surface area contributed by atoms with E-state index in [-0.39, 0.29) is 0 Å². The molecule has 4 nitrogen and oxygen atoms in total. The van der Waals surface area contributed by atoms with Crippen molar-refractivity contribution in [3.63, 3.8) is 0 Å². The minimum Gasteiger partial charge on any atom is -0.348 e. The molecule has 3 aromatic rings. The van der Waals surface area contributed by atoms with Gasteiger partial charge < -0.3 is 10.2 Å². The summed E-state index contributed by atoms with van der Waals surface area (Å²) in [6.45, 7) is 5.03. The standard InChI is InChI=1S/C19H21ClN4S/c1-13-3-2-8-21-17(13)12-22-15-6-9-24(10-7-15)19-23-16-5-4-14(20)11-18(16)25-19/h2-5,8,11,15,22H,6-7,9-10,12H2,1H3. The van der Waals surface area contributed by atoms with Crippen LogP contribution in [0.15, 0.2) is 36.5 Å². The van der Waals surface area contributed by atoms with E-state index in [0.29, 0.717) is 6.04 Å². The van der Waals surface area contributed by atoms with E-state index in [1.54, 1.807) is 11.3 Å². The highest BCUT2D eigenvalue weighted by Crippen LogP contribution is 2.32. The third-order valence-corrected chi connectivity index (χ3v) is 6.09. The summed E-state index contributed by atoms with van der Waals surface area (Å²) in [5.74, 6) is 0. The van der Waals surface area contributed by atoms with Crippen LogP contribution in [-0.4, -0.2) is 29.1 Å². The Bertz CT molecular complexity index is 871. The summed E-state index contributed by atoms with van der Waals surface area (Å²) < 4.78 is 1.16. The van der Waals surface area contributed by atoms with Gasteiger partial charge in [0.25, 0.3) is 0 Å². The number of piperidine rings is 1. The summed E-state index contributed by atoms with van der Waals surface area (Å²) in [6, 6.07) is 10.6. The van der Waals surface area contributed by atoms with E-state index in [2.05, 4.69) is 28.2 Å². The molecule has 1 aliphatic heterocycles. The maximum absolute atomic E-state index is 6.08. The first-order chi connectivity index (χ1) is 12.2. The van der Waals surface area contributed by atoms with E-state index in [4.69, 9.17) is 16.6 Å². The van der Waals surface area contributed by atoms with Crippen LogP contribution in [0.4, 0.5) is 5.13 Å². The van der Waals surface area contributed by atoms with Crippen LogP contribution in [0, 0.1) is 6.92 Å². The van der Waals surface area contributed by atoms with Crippen molar-refractivity contribution in [3.8, 4) is 0 Å². The van der Waals surface area contributed by atoms with Gasteiger partial charge in [0.05, 0.1) is 15.9 Å². The number of nitrogens with zero attached hydrogens (tertiary/aromatic N) is 3. The van der Waals surface area contributed by atoms with E-state index in [9.17, 15) is 0 Å². The zero-order valence-corrected chi connectivity index (χ0v) is 15.8. The van der Waals surface area contributed by atoms with E-state index >= 15 is 0 Å². The van der Waals surface area contributed by atoms with Crippen molar-refractivity contribution in [1.29, 1.82) is 0 Å². The molecular weight excluding hydrogens is 352 g/mol. The zero-order valence-electron chi connectivity index (χ0n) is 14.2. The molecule has 1 N–H and O–H groups in total. The molecule has 0 radical (unpaired) electrons. The Morgan fingerprint density at radius 3 is 2.92 bits per heavy atom. The van der Waals surface area contributed by atoms with Crippen molar-refractivity contribution in [2.45, 2.75) is 32.4 Å². The van der Waals surface area contributed by atoms with E-state index in [1.807, 2.05) is 30.5 Å². The summed E-state index contributed by atoms with van der Waals surface area (Å²) in [5, 5.41) is 5.54. The molecule has 4 rings (SSSR count). The molecule has 1 fully saturated rings. The van der Waals surface area contributed by atoms with E-state index < -0.39 is 0 Å². The van der Waals surface area contributed by atoms with Gasteiger partial charge in [-0.2, -0.15) is 0 Å². The molecule has 0 saturated carbocycles. The van der Waals surface area contributed by atoms with E-state index in [1.165, 1.54) is 5.56 Å². The van der Waals surface area contributed by atoms with Crippen LogP contribution in [0.3, 0.4) is 0 Å². The third kappa shape index (κ3) is 3.78. The second-order valence-corrected chi connectivity index (χ2v) is 7.96. The number of benzene rings is 1. The summed E-state index contributed by atoms with van der Waals surface area (Å²) in [6.07, 6.45) is 4.12. The second kappa shape index (κ2) is 7.28. The first-order valence-electron chi connectivity index (χ1n) is 8.64. The molecule has 1 aliphatic rings. The smallest absolute Gasteiger partial charge is 0.186 e. The van der Waals surface area contributed by atoms with Gasteiger partial charge in [-0.15, -0.1) is 0 Å². The van der Waals surface area contributed by atoms with Gasteiger partial charge >= 0.3 is 0 Å². The zero-order chi connectivity index (χ0) is 17.2. The highest BCUT2D eigenvalue weighted by Gasteiger charge is 2.21. The number of pyridine rings is 1. The Balaban J connectivity index is 1.35. The molecule has 0 aliphatic carbocycles. The molecule has 6 heteroatoms. The number of fused-ring (bicyclic) bond motifs is 1. The average molecular weight is 373 g/mol. The van der Waals surface area contributed by atoms with Crippen LogP contribution in [0.5, 0.6) is 0 Å². The Labute approximate surface area is 156 Å². The van der Waals surface area contributed by atoms with Crippen LogP contribution in [0.2, 0.25) is 5.02 Å². The van der Waals surface area contributed by atoms with Crippen molar-refractivity contribution in [1.82, 2.24) is 15.3 Å². The van der Waals surface area contributed by atoms with Gasteiger partial charge in [0, 0.05) is 36.9 Å². The molecule has 130 valence electrons. The maximum atomic E-state index is 6.08. The lowest BCUT2D eigenvalue weighted by molar-refractivity contribution is 0.411. The fraction of sp³-hybridized carbons (Fsp3) is 0.368. The Kier molecular flexibility index (Phi) is 4.88. The molecule has 2 aromatic heterocycles. The number of anilines is 1. The number of hydrogen-bond donors (Lipinski definition) is 1. The lowest BCUT2D eigenvalue weighted by Crippen LogP contribution is -2.42. The summed E-state index contributed by atoms with van der Waals surface area (Å²) in [7, 11) is 0. The highest BCUT2D eigenvalue weighted by atomic mass is 35.5. The quantitative estimate of drug-likeness (QED) is 0.736. The van der Waals surface area contributed by atoms with Gasteiger partial charge in [0.2, 0.25) is 0 Å². The minimum absolute atomic E-state index is 0.543. The lowest BCUT2D eigenvalue weighted by Gasteiger charge is -2.32. The van der Waals surface area contributed by atoms with Crippen molar-refractivity contribution >= 4 is 38.3 Å². The molecular formula is C19H21ClN4S. The van der Waals surface area contributed by atoms with Gasteiger partial charge in [0.15, 0.2) is 5.13 Å². The molecule has 1 saturated heterocycles. The Hall–Kier alpha value is -1.69. The molecule has 0 bridgehead atoms. The van der Waals surface area contributed by atoms with Crippen LogP contribution < -0.4 is 10.2 Å². The molecule has 0 amide bonds. The number of halogens is 1. The first kappa shape index (κ1) is 16.8. The Morgan fingerprint density at radius 1 is 1.28 bits per heavy atom. The molecule has 25 heavy (non-hydrogen) atoms. The van der Waals surface area contributed by atoms with Crippen LogP contribution in [0.25, 0.3) is 10.2 Å². The molecule has 1 aromatic carbocycles. The summed E-state index contributed by atoms with van der Waals surface area (Å²) in [5.41, 5.74) is 3.43. The van der Waals surface area contributed by atoms with Crippen LogP contribution in [-0.2, 0) is 6.54 Å². The number of nitrogens with one attached hydrogen (secondary N) is 1. The fourth-order valence-corrected chi connectivity index (χ4v) is 4.53. The highest BCUT2D eigenvalue weighted by molar-refractivity contribution is 7.22. The second-order valence-electron chi connectivity index (χ2n) is 6.52. The number of thiazole rings is 1. The van der Waals surface area contributed by atoms with Gasteiger partial charge in [-0.05, 0) is 49.6 Å². The number of rotatable bonds is 4. The van der Waals surface area contributed by atoms with Gasteiger partial charge in [-0.3, -0.25) is 4.98 Å². The number of hydrogen-bond acceptors (Lipinski definition) is 5. The number of aromatic nitrogens is 2. The average Bonchev–Trinajstić information content (AvgIpc) is 3.04. The fourth-order valence-electron chi connectivity index (χ4n) is 3.24. The minimum atomic E-state index is 0.543. The van der Waals surface area contributed by atoms with Crippen molar-refractivity contribution in [3.05, 3.63) is 52.8 Å². The normalized spacial score (nSPS) is 15.8. The Morgan fingerprint density at radius 2 is 2.12 bits per heavy atom. The van der Waals surface area contributed by atoms with Gasteiger partial charge in [-0.1, -0.05) is 29.0 Å². The van der Waals surface area contributed by atoms with Crippen LogP contribution in [0.1, 0.15) is 24.1 Å². The molecule has 0 atom stereocenters. The first-order valence-corrected chi connectivity index (χ1v) is 9.83. The molecule has 0 spiro atoms. The lowest BCUT2D eigenvalue weighted by atomic mass is 10.1. The maximum Gasteiger partial charge on any atom is 0.186 e. The predicted octanol–water partition coefficient (Wildman–Crippen LogP) is 4.41. The van der Waals surface area contributed by atoms with Crippen LogP contribution >= 0.6 is 22.9 Å². The van der Waals surface area contributed by atoms with Crippen molar-refractivity contribution in [2.75, 3.05) is 18.0 Å². The van der Waals surface area contributed by atoms with E-state index in [0.717, 1.165) is 58.5 Å². The predicted molar refractivity (Wildman–Crippen MR) is 106 cm³/mol. The van der Waals surface area contributed by atoms with Crippen molar-refractivity contribution in [2.24, 2.45) is 0 Å². The largest absolute Gasteiger partial charge is 0.348 e. The topological polar surface area (TPSA) is 41.1 Å². The molecule has 3 heterocycles.